The molecular weight excluding hydrogens is 433 g/mol. The Labute approximate surface area is 129 Å². The van der Waals surface area contributed by atoms with Crippen molar-refractivity contribution in [1.82, 2.24) is 5.32 Å². The van der Waals surface area contributed by atoms with Crippen LogP contribution in [0.25, 0.3) is 0 Å². The van der Waals surface area contributed by atoms with Crippen LogP contribution in [0.1, 0.15) is 11.3 Å². The van der Waals surface area contributed by atoms with E-state index in [9.17, 15) is 4.39 Å². The summed E-state index contributed by atoms with van der Waals surface area (Å²) in [5.41, 5.74) is 0.875. The molecule has 6 heteroatoms. The monoisotopic (exact) mass is 439 g/mol. The van der Waals surface area contributed by atoms with Crippen molar-refractivity contribution in [1.29, 1.82) is 0 Å². The van der Waals surface area contributed by atoms with E-state index in [1.165, 1.54) is 12.1 Å². The molecule has 18 heavy (non-hydrogen) atoms. The Kier molecular flexibility index (Phi) is 5.00. The number of benzene rings is 1. The standard InChI is InChI=1S/C12H9Br3FNO/c13-10-2-1-8(16)3-7(10)5-17-6-9-4-11(14)12(15)18-9/h1-4,17H,5-6H2. The van der Waals surface area contributed by atoms with Crippen LogP contribution in [0.15, 0.2) is 42.3 Å². The zero-order chi connectivity index (χ0) is 13.1. The van der Waals surface area contributed by atoms with Crippen LogP contribution >= 0.6 is 47.8 Å². The van der Waals surface area contributed by atoms with E-state index in [1.54, 1.807) is 6.07 Å². The fourth-order valence-corrected chi connectivity index (χ4v) is 2.52. The number of hydrogen-bond donors (Lipinski definition) is 1. The Bertz CT molecular complexity index is 537. The van der Waals surface area contributed by atoms with Gasteiger partial charge in [0.15, 0.2) is 4.67 Å². The molecule has 0 saturated heterocycles. The Morgan fingerprint density at radius 3 is 2.50 bits per heavy atom. The zero-order valence-electron chi connectivity index (χ0n) is 9.14. The summed E-state index contributed by atoms with van der Waals surface area (Å²) in [5.74, 6) is 0.569. The summed E-state index contributed by atoms with van der Waals surface area (Å²) in [6.07, 6.45) is 0. The Hall–Kier alpha value is -0.170. The van der Waals surface area contributed by atoms with Crippen LogP contribution in [-0.2, 0) is 13.1 Å². The maximum atomic E-state index is 13.1. The third kappa shape index (κ3) is 3.66. The van der Waals surface area contributed by atoms with Crippen LogP contribution in [-0.4, -0.2) is 0 Å². The molecule has 1 aromatic heterocycles. The van der Waals surface area contributed by atoms with Crippen LogP contribution in [0.5, 0.6) is 0 Å². The highest BCUT2D eigenvalue weighted by Crippen LogP contribution is 2.26. The van der Waals surface area contributed by atoms with E-state index in [4.69, 9.17) is 4.42 Å². The Morgan fingerprint density at radius 1 is 1.06 bits per heavy atom. The van der Waals surface area contributed by atoms with Gasteiger partial charge in [0.25, 0.3) is 0 Å². The topological polar surface area (TPSA) is 25.2 Å². The molecule has 0 aliphatic heterocycles. The molecule has 2 rings (SSSR count). The smallest absolute Gasteiger partial charge is 0.183 e. The fraction of sp³-hybridized carbons (Fsp3) is 0.167. The molecule has 96 valence electrons. The van der Waals surface area contributed by atoms with Gasteiger partial charge in [0.2, 0.25) is 0 Å². The second kappa shape index (κ2) is 6.32. The van der Waals surface area contributed by atoms with Gasteiger partial charge in [-0.05, 0) is 61.7 Å². The van der Waals surface area contributed by atoms with Gasteiger partial charge < -0.3 is 9.73 Å². The summed E-state index contributed by atoms with van der Waals surface area (Å²) in [5, 5.41) is 3.19. The molecule has 0 saturated carbocycles. The van der Waals surface area contributed by atoms with Crippen molar-refractivity contribution in [3.05, 3.63) is 55.0 Å². The summed E-state index contributed by atoms with van der Waals surface area (Å²) in [6.45, 7) is 1.14. The Morgan fingerprint density at radius 2 is 1.83 bits per heavy atom. The second-order valence-electron chi connectivity index (χ2n) is 3.67. The highest BCUT2D eigenvalue weighted by molar-refractivity contribution is 9.13. The van der Waals surface area contributed by atoms with E-state index in [1.807, 2.05) is 6.07 Å². The molecule has 1 N–H and O–H groups in total. The number of rotatable bonds is 4. The molecule has 0 aliphatic carbocycles. The molecule has 2 nitrogen and oxygen atoms in total. The SMILES string of the molecule is Fc1ccc(Br)c(CNCc2cc(Br)c(Br)o2)c1. The molecule has 0 unspecified atom stereocenters. The second-order valence-corrected chi connectivity index (χ2v) is 6.10. The third-order valence-electron chi connectivity index (χ3n) is 2.32. The average molecular weight is 442 g/mol. The molecule has 0 radical (unpaired) electrons. The van der Waals surface area contributed by atoms with E-state index < -0.39 is 0 Å². The van der Waals surface area contributed by atoms with Gasteiger partial charge in [-0.25, -0.2) is 4.39 Å². The highest BCUT2D eigenvalue weighted by atomic mass is 79.9. The zero-order valence-corrected chi connectivity index (χ0v) is 13.9. The van der Waals surface area contributed by atoms with E-state index >= 15 is 0 Å². The predicted octanol–water partition coefficient (Wildman–Crippen LogP) is 5.00. The van der Waals surface area contributed by atoms with Gasteiger partial charge in [-0.1, -0.05) is 15.9 Å². The number of halogens is 4. The van der Waals surface area contributed by atoms with Gasteiger partial charge in [-0.15, -0.1) is 0 Å². The molecule has 0 amide bonds. The number of hydrogen-bond acceptors (Lipinski definition) is 2. The maximum absolute atomic E-state index is 13.1. The quantitative estimate of drug-likeness (QED) is 0.722. The molecule has 0 aliphatic rings. The molecule has 1 heterocycles. The minimum Gasteiger partial charge on any atom is -0.452 e. The van der Waals surface area contributed by atoms with E-state index in [-0.39, 0.29) is 5.82 Å². The first-order valence-corrected chi connectivity index (χ1v) is 7.52. The van der Waals surface area contributed by atoms with Crippen LogP contribution in [0, 0.1) is 5.82 Å². The predicted molar refractivity (Wildman–Crippen MR) is 78.8 cm³/mol. The van der Waals surface area contributed by atoms with Gasteiger partial charge in [0.05, 0.1) is 11.0 Å². The third-order valence-corrected chi connectivity index (χ3v) is 4.80. The lowest BCUT2D eigenvalue weighted by molar-refractivity contribution is 0.464. The summed E-state index contributed by atoms with van der Waals surface area (Å²) >= 11 is 10.0. The van der Waals surface area contributed by atoms with Crippen LogP contribution < -0.4 is 5.32 Å². The molecule has 0 bridgehead atoms. The van der Waals surface area contributed by atoms with E-state index in [0.717, 1.165) is 20.3 Å². The largest absolute Gasteiger partial charge is 0.452 e. The summed E-state index contributed by atoms with van der Waals surface area (Å²) < 4.78 is 20.9. The van der Waals surface area contributed by atoms with Gasteiger partial charge in [0.1, 0.15) is 11.6 Å². The normalized spacial score (nSPS) is 10.9. The minimum absolute atomic E-state index is 0.238. The number of furan rings is 1. The first kappa shape index (κ1) is 14.2. The van der Waals surface area contributed by atoms with Crippen molar-refractivity contribution in [2.24, 2.45) is 0 Å². The molecule has 0 fully saturated rings. The summed E-state index contributed by atoms with van der Waals surface area (Å²) in [4.78, 5) is 0. The van der Waals surface area contributed by atoms with Gasteiger partial charge >= 0.3 is 0 Å². The first-order chi connectivity index (χ1) is 8.56. The van der Waals surface area contributed by atoms with Gasteiger partial charge in [-0.3, -0.25) is 0 Å². The van der Waals surface area contributed by atoms with Crippen molar-refractivity contribution < 1.29 is 8.81 Å². The molecule has 1 aromatic carbocycles. The van der Waals surface area contributed by atoms with Crippen molar-refractivity contribution in [3.8, 4) is 0 Å². The molecular formula is C12H9Br3FNO. The average Bonchev–Trinajstić information content (AvgIpc) is 2.63. The minimum atomic E-state index is -0.238. The fourth-order valence-electron chi connectivity index (χ4n) is 1.48. The number of nitrogens with one attached hydrogen (secondary N) is 1. The summed E-state index contributed by atoms with van der Waals surface area (Å²) in [7, 11) is 0. The van der Waals surface area contributed by atoms with Crippen LogP contribution in [0.2, 0.25) is 0 Å². The Balaban J connectivity index is 1.94. The molecule has 0 spiro atoms. The maximum Gasteiger partial charge on any atom is 0.183 e. The first-order valence-electron chi connectivity index (χ1n) is 5.14. The lowest BCUT2D eigenvalue weighted by Gasteiger charge is -2.05. The lowest BCUT2D eigenvalue weighted by Crippen LogP contribution is -2.12. The van der Waals surface area contributed by atoms with Gasteiger partial charge in [-0.2, -0.15) is 0 Å². The summed E-state index contributed by atoms with van der Waals surface area (Å²) in [6, 6.07) is 6.52. The van der Waals surface area contributed by atoms with E-state index in [0.29, 0.717) is 17.8 Å². The van der Waals surface area contributed by atoms with Crippen LogP contribution in [0.4, 0.5) is 4.39 Å². The van der Waals surface area contributed by atoms with E-state index in [2.05, 4.69) is 53.1 Å². The van der Waals surface area contributed by atoms with Crippen molar-refractivity contribution in [2.75, 3.05) is 0 Å². The highest BCUT2D eigenvalue weighted by Gasteiger charge is 2.06. The lowest BCUT2D eigenvalue weighted by atomic mass is 10.2. The van der Waals surface area contributed by atoms with Crippen molar-refractivity contribution in [3.63, 3.8) is 0 Å². The van der Waals surface area contributed by atoms with Crippen LogP contribution in [0.3, 0.4) is 0 Å². The molecule has 0 atom stereocenters. The van der Waals surface area contributed by atoms with Gasteiger partial charge in [0, 0.05) is 11.0 Å². The molecule has 2 aromatic rings. The van der Waals surface area contributed by atoms with Crippen molar-refractivity contribution >= 4 is 47.8 Å². The van der Waals surface area contributed by atoms with Crippen molar-refractivity contribution in [2.45, 2.75) is 13.1 Å².